The monoisotopic (exact) mass is 471 g/mol. The molecule has 0 aliphatic carbocycles. The number of methoxy groups -OCH3 is 1. The summed E-state index contributed by atoms with van der Waals surface area (Å²) >= 11 is 3.42. The Morgan fingerprint density at radius 1 is 1.20 bits per heavy atom. The van der Waals surface area contributed by atoms with Gasteiger partial charge in [0.1, 0.15) is 5.82 Å². The zero-order chi connectivity index (χ0) is 21.7. The molecule has 1 heterocycles. The number of fused-ring (bicyclic) bond motifs is 1. The van der Waals surface area contributed by atoms with E-state index in [1.165, 1.54) is 4.68 Å². The van der Waals surface area contributed by atoms with Crippen LogP contribution in [0.25, 0.3) is 10.9 Å². The van der Waals surface area contributed by atoms with Crippen molar-refractivity contribution < 1.29 is 9.47 Å². The van der Waals surface area contributed by atoms with Gasteiger partial charge in [0.25, 0.3) is 5.56 Å². The SMILES string of the molecule is CCCc1nc2ccc(Br)cc2c(=O)n1N=Cc1ccc(O[C@H](C)CC)c(OC)c1. The van der Waals surface area contributed by atoms with E-state index in [-0.39, 0.29) is 11.7 Å². The molecule has 6 nitrogen and oxygen atoms in total. The third-order valence-electron chi connectivity index (χ3n) is 4.76. The van der Waals surface area contributed by atoms with Gasteiger partial charge in [0.2, 0.25) is 0 Å². The van der Waals surface area contributed by atoms with Gasteiger partial charge in [-0.25, -0.2) is 4.98 Å². The van der Waals surface area contributed by atoms with E-state index in [0.29, 0.717) is 34.6 Å². The molecule has 0 spiro atoms. The highest BCUT2D eigenvalue weighted by molar-refractivity contribution is 9.10. The zero-order valence-electron chi connectivity index (χ0n) is 17.7. The number of halogens is 1. The minimum absolute atomic E-state index is 0.0941. The fourth-order valence-corrected chi connectivity index (χ4v) is 3.35. The lowest BCUT2D eigenvalue weighted by Gasteiger charge is -2.15. The maximum absolute atomic E-state index is 13.1. The molecule has 0 unspecified atom stereocenters. The van der Waals surface area contributed by atoms with Crippen molar-refractivity contribution in [3.63, 3.8) is 0 Å². The number of aromatic nitrogens is 2. The second-order valence-electron chi connectivity index (χ2n) is 7.05. The van der Waals surface area contributed by atoms with Crippen LogP contribution in [0.15, 0.2) is 50.8 Å². The zero-order valence-corrected chi connectivity index (χ0v) is 19.3. The quantitative estimate of drug-likeness (QED) is 0.424. The van der Waals surface area contributed by atoms with E-state index in [9.17, 15) is 4.79 Å². The molecule has 30 heavy (non-hydrogen) atoms. The van der Waals surface area contributed by atoms with Gasteiger partial charge in [0, 0.05) is 10.9 Å². The fraction of sp³-hybridized carbons (Fsp3) is 0.348. The Morgan fingerprint density at radius 3 is 2.70 bits per heavy atom. The van der Waals surface area contributed by atoms with Gasteiger partial charge in [0.15, 0.2) is 11.5 Å². The van der Waals surface area contributed by atoms with E-state index >= 15 is 0 Å². The van der Waals surface area contributed by atoms with Crippen molar-refractivity contribution in [2.45, 2.75) is 46.1 Å². The van der Waals surface area contributed by atoms with Gasteiger partial charge in [0.05, 0.1) is 30.3 Å². The highest BCUT2D eigenvalue weighted by Crippen LogP contribution is 2.29. The van der Waals surface area contributed by atoms with Gasteiger partial charge in [-0.15, -0.1) is 0 Å². The molecule has 0 N–H and O–H groups in total. The molecule has 0 saturated carbocycles. The van der Waals surface area contributed by atoms with Gasteiger partial charge in [-0.05, 0) is 61.7 Å². The molecular weight excluding hydrogens is 446 g/mol. The Labute approximate surface area is 184 Å². The number of benzene rings is 2. The summed E-state index contributed by atoms with van der Waals surface area (Å²) in [6.07, 6.45) is 4.15. The normalized spacial score (nSPS) is 12.4. The van der Waals surface area contributed by atoms with Crippen LogP contribution in [0.3, 0.4) is 0 Å². The Morgan fingerprint density at radius 2 is 2.00 bits per heavy atom. The average molecular weight is 472 g/mol. The summed E-state index contributed by atoms with van der Waals surface area (Å²) in [5.41, 5.74) is 1.28. The Hall–Kier alpha value is -2.67. The molecule has 0 amide bonds. The minimum Gasteiger partial charge on any atom is -0.493 e. The number of ether oxygens (including phenoxy) is 2. The standard InChI is InChI=1S/C23H26BrN3O3/c1-5-7-22-26-19-10-9-17(24)13-18(19)23(28)27(22)25-14-16-8-11-20(21(12-16)29-4)30-15(3)6-2/h8-15H,5-7H2,1-4H3/t15-/m1/s1. The van der Waals surface area contributed by atoms with Gasteiger partial charge >= 0.3 is 0 Å². The first-order valence-electron chi connectivity index (χ1n) is 10.1. The van der Waals surface area contributed by atoms with Crippen molar-refractivity contribution in [2.24, 2.45) is 5.10 Å². The molecule has 0 aliphatic heterocycles. The molecule has 0 saturated heterocycles. The Bertz CT molecular complexity index is 1120. The minimum atomic E-state index is -0.190. The summed E-state index contributed by atoms with van der Waals surface area (Å²) in [5, 5.41) is 4.99. The van der Waals surface area contributed by atoms with Crippen molar-refractivity contribution >= 4 is 33.0 Å². The smallest absolute Gasteiger partial charge is 0.282 e. The van der Waals surface area contributed by atoms with E-state index in [2.05, 4.69) is 32.9 Å². The average Bonchev–Trinajstić information content (AvgIpc) is 2.75. The molecule has 2 aromatic carbocycles. The van der Waals surface area contributed by atoms with Crippen LogP contribution in [0.4, 0.5) is 0 Å². The van der Waals surface area contributed by atoms with Gasteiger partial charge in [-0.3, -0.25) is 4.79 Å². The second-order valence-corrected chi connectivity index (χ2v) is 7.96. The number of hydrogen-bond acceptors (Lipinski definition) is 5. The highest BCUT2D eigenvalue weighted by atomic mass is 79.9. The summed E-state index contributed by atoms with van der Waals surface area (Å²) in [6.45, 7) is 6.13. The number of rotatable bonds is 8. The summed E-state index contributed by atoms with van der Waals surface area (Å²) in [6, 6.07) is 11.1. The maximum Gasteiger partial charge on any atom is 0.282 e. The third kappa shape index (κ3) is 4.90. The van der Waals surface area contributed by atoms with Gasteiger partial charge < -0.3 is 9.47 Å². The first kappa shape index (κ1) is 22.0. The summed E-state index contributed by atoms with van der Waals surface area (Å²) in [5.74, 6) is 1.95. The van der Waals surface area contributed by atoms with Crippen LogP contribution in [-0.4, -0.2) is 29.1 Å². The fourth-order valence-electron chi connectivity index (χ4n) is 2.99. The van der Waals surface area contributed by atoms with E-state index in [1.807, 2.05) is 44.2 Å². The van der Waals surface area contributed by atoms with Crippen LogP contribution < -0.4 is 15.0 Å². The van der Waals surface area contributed by atoms with E-state index < -0.39 is 0 Å². The van der Waals surface area contributed by atoms with Crippen molar-refractivity contribution in [1.82, 2.24) is 9.66 Å². The summed E-state index contributed by atoms with van der Waals surface area (Å²) in [4.78, 5) is 17.7. The van der Waals surface area contributed by atoms with Crippen LogP contribution in [0.2, 0.25) is 0 Å². The predicted molar refractivity (Wildman–Crippen MR) is 124 cm³/mol. The van der Waals surface area contributed by atoms with E-state index in [0.717, 1.165) is 22.9 Å². The number of hydrogen-bond donors (Lipinski definition) is 0. The molecule has 0 aliphatic rings. The summed E-state index contributed by atoms with van der Waals surface area (Å²) < 4.78 is 13.6. The lowest BCUT2D eigenvalue weighted by Crippen LogP contribution is -2.22. The number of nitrogens with zero attached hydrogens (tertiary/aromatic N) is 3. The first-order chi connectivity index (χ1) is 14.5. The third-order valence-corrected chi connectivity index (χ3v) is 5.26. The molecule has 3 rings (SSSR count). The van der Waals surface area contributed by atoms with E-state index in [1.54, 1.807) is 19.4 Å². The van der Waals surface area contributed by atoms with Crippen molar-refractivity contribution in [3.8, 4) is 11.5 Å². The summed E-state index contributed by atoms with van der Waals surface area (Å²) in [7, 11) is 1.61. The molecule has 0 radical (unpaired) electrons. The Kier molecular flexibility index (Phi) is 7.26. The topological polar surface area (TPSA) is 65.7 Å². The van der Waals surface area contributed by atoms with Crippen LogP contribution in [-0.2, 0) is 6.42 Å². The molecule has 0 fully saturated rings. The molecule has 3 aromatic rings. The number of aryl methyl sites for hydroxylation is 1. The lowest BCUT2D eigenvalue weighted by molar-refractivity contribution is 0.207. The van der Waals surface area contributed by atoms with Crippen molar-refractivity contribution in [1.29, 1.82) is 0 Å². The van der Waals surface area contributed by atoms with Crippen LogP contribution in [0, 0.1) is 0 Å². The van der Waals surface area contributed by atoms with Crippen LogP contribution >= 0.6 is 15.9 Å². The Balaban J connectivity index is 2.01. The lowest BCUT2D eigenvalue weighted by atomic mass is 10.2. The largest absolute Gasteiger partial charge is 0.493 e. The van der Waals surface area contributed by atoms with Crippen LogP contribution in [0.1, 0.15) is 45.0 Å². The highest BCUT2D eigenvalue weighted by Gasteiger charge is 2.11. The molecule has 0 bridgehead atoms. The molecule has 7 heteroatoms. The molecular formula is C23H26BrN3O3. The van der Waals surface area contributed by atoms with Gasteiger partial charge in [-0.1, -0.05) is 29.8 Å². The molecule has 1 atom stereocenters. The van der Waals surface area contributed by atoms with E-state index in [4.69, 9.17) is 9.47 Å². The predicted octanol–water partition coefficient (Wildman–Crippen LogP) is 5.18. The first-order valence-corrected chi connectivity index (χ1v) is 10.9. The van der Waals surface area contributed by atoms with Gasteiger partial charge in [-0.2, -0.15) is 9.78 Å². The second kappa shape index (κ2) is 9.89. The van der Waals surface area contributed by atoms with Crippen molar-refractivity contribution in [2.75, 3.05) is 7.11 Å². The molecule has 158 valence electrons. The molecule has 1 aromatic heterocycles. The van der Waals surface area contributed by atoms with Crippen molar-refractivity contribution in [3.05, 3.63) is 62.6 Å². The van der Waals surface area contributed by atoms with Crippen LogP contribution in [0.5, 0.6) is 11.5 Å². The maximum atomic E-state index is 13.1.